The Morgan fingerprint density at radius 1 is 1.25 bits per heavy atom. The normalized spacial score (nSPS) is 11.2. The zero-order valence-electron chi connectivity index (χ0n) is 11.9. The summed E-state index contributed by atoms with van der Waals surface area (Å²) in [5.41, 5.74) is 1.28. The van der Waals surface area contributed by atoms with Gasteiger partial charge < -0.3 is 9.30 Å². The van der Waals surface area contributed by atoms with E-state index in [0.717, 1.165) is 25.5 Å². The van der Waals surface area contributed by atoms with Crippen molar-refractivity contribution in [1.29, 1.82) is 0 Å². The van der Waals surface area contributed by atoms with Gasteiger partial charge in [0.05, 0.1) is 19.3 Å². The van der Waals surface area contributed by atoms with Crippen molar-refractivity contribution in [1.82, 2.24) is 14.5 Å². The van der Waals surface area contributed by atoms with Crippen LogP contribution in [0.15, 0.2) is 36.5 Å². The molecule has 1 aromatic heterocycles. The molecule has 4 nitrogen and oxygen atoms in total. The second kappa shape index (κ2) is 7.43. The molecule has 0 amide bonds. The Kier molecular flexibility index (Phi) is 5.59. The summed E-state index contributed by atoms with van der Waals surface area (Å²) in [4.78, 5) is 6.66. The maximum atomic E-state index is 6.03. The summed E-state index contributed by atoms with van der Waals surface area (Å²) < 4.78 is 7.10. The molecular weight excluding hydrogens is 274 g/mol. The third kappa shape index (κ3) is 4.07. The van der Waals surface area contributed by atoms with Crippen molar-refractivity contribution in [3.05, 3.63) is 53.1 Å². The number of ether oxygens (including phenoxy) is 1. The summed E-state index contributed by atoms with van der Waals surface area (Å²) in [6.07, 6.45) is 1.69. The van der Waals surface area contributed by atoms with E-state index in [1.54, 1.807) is 13.3 Å². The van der Waals surface area contributed by atoms with Crippen molar-refractivity contribution in [2.75, 3.05) is 20.3 Å². The van der Waals surface area contributed by atoms with Crippen LogP contribution < -0.4 is 0 Å². The number of benzene rings is 1. The second-order valence-electron chi connectivity index (χ2n) is 4.75. The first-order valence-corrected chi connectivity index (χ1v) is 7.00. The van der Waals surface area contributed by atoms with Gasteiger partial charge in [-0.1, -0.05) is 41.9 Å². The van der Waals surface area contributed by atoms with E-state index < -0.39 is 0 Å². The first-order valence-electron chi connectivity index (χ1n) is 6.62. The van der Waals surface area contributed by atoms with Crippen molar-refractivity contribution in [2.45, 2.75) is 13.1 Å². The summed E-state index contributed by atoms with van der Waals surface area (Å²) >= 11 is 6.03. The number of methoxy groups -OCH3 is 1. The minimum Gasteiger partial charge on any atom is -0.383 e. The van der Waals surface area contributed by atoms with E-state index in [4.69, 9.17) is 16.3 Å². The minimum absolute atomic E-state index is 0.659. The molecule has 0 bridgehead atoms. The lowest BCUT2D eigenvalue weighted by atomic mass is 10.2. The van der Waals surface area contributed by atoms with E-state index >= 15 is 0 Å². The molecule has 2 aromatic rings. The molecule has 1 aromatic carbocycles. The molecule has 20 heavy (non-hydrogen) atoms. The van der Waals surface area contributed by atoms with Crippen LogP contribution in [-0.2, 0) is 24.9 Å². The molecule has 0 N–H and O–H groups in total. The van der Waals surface area contributed by atoms with Gasteiger partial charge in [0.2, 0.25) is 0 Å². The SMILES string of the molecule is COCCN(Cc1ccccc1)Cc1ncc(Cl)n1C. The van der Waals surface area contributed by atoms with Gasteiger partial charge >= 0.3 is 0 Å². The number of hydrogen-bond acceptors (Lipinski definition) is 3. The first-order chi connectivity index (χ1) is 9.70. The van der Waals surface area contributed by atoms with Crippen LogP contribution in [0.25, 0.3) is 0 Å². The van der Waals surface area contributed by atoms with E-state index in [9.17, 15) is 0 Å². The van der Waals surface area contributed by atoms with Gasteiger partial charge in [-0.3, -0.25) is 4.90 Å². The highest BCUT2D eigenvalue weighted by Crippen LogP contribution is 2.13. The second-order valence-corrected chi connectivity index (χ2v) is 5.13. The van der Waals surface area contributed by atoms with Crippen molar-refractivity contribution in [3.63, 3.8) is 0 Å². The third-order valence-corrected chi connectivity index (χ3v) is 3.60. The molecule has 0 saturated carbocycles. The van der Waals surface area contributed by atoms with E-state index in [-0.39, 0.29) is 0 Å². The predicted molar refractivity (Wildman–Crippen MR) is 80.7 cm³/mol. The summed E-state index contributed by atoms with van der Waals surface area (Å²) in [6.45, 7) is 3.18. The topological polar surface area (TPSA) is 30.3 Å². The zero-order chi connectivity index (χ0) is 14.4. The van der Waals surface area contributed by atoms with Gasteiger partial charge in [-0.15, -0.1) is 0 Å². The lowest BCUT2D eigenvalue weighted by Gasteiger charge is -2.21. The highest BCUT2D eigenvalue weighted by molar-refractivity contribution is 6.29. The summed E-state index contributed by atoms with van der Waals surface area (Å²) in [6, 6.07) is 10.4. The number of rotatable bonds is 7. The van der Waals surface area contributed by atoms with Crippen LogP contribution >= 0.6 is 11.6 Å². The van der Waals surface area contributed by atoms with Gasteiger partial charge in [-0.2, -0.15) is 0 Å². The molecule has 0 saturated heterocycles. The van der Waals surface area contributed by atoms with Gasteiger partial charge in [0.15, 0.2) is 0 Å². The summed E-state index contributed by atoms with van der Waals surface area (Å²) in [5.74, 6) is 0.960. The molecule has 5 heteroatoms. The number of imidazole rings is 1. The molecule has 0 fully saturated rings. The van der Waals surface area contributed by atoms with Gasteiger partial charge in [-0.05, 0) is 5.56 Å². The van der Waals surface area contributed by atoms with E-state index in [0.29, 0.717) is 11.8 Å². The Morgan fingerprint density at radius 2 is 2.00 bits per heavy atom. The van der Waals surface area contributed by atoms with E-state index in [1.165, 1.54) is 5.56 Å². The van der Waals surface area contributed by atoms with Crippen LogP contribution in [0.4, 0.5) is 0 Å². The number of nitrogens with zero attached hydrogens (tertiary/aromatic N) is 3. The monoisotopic (exact) mass is 293 g/mol. The Bertz CT molecular complexity index is 527. The number of halogens is 1. The molecule has 1 heterocycles. The highest BCUT2D eigenvalue weighted by atomic mass is 35.5. The average molecular weight is 294 g/mol. The fraction of sp³-hybridized carbons (Fsp3) is 0.400. The van der Waals surface area contributed by atoms with Crippen LogP contribution in [0.2, 0.25) is 5.15 Å². The molecular formula is C15H20ClN3O. The van der Waals surface area contributed by atoms with Crippen molar-refractivity contribution in [2.24, 2.45) is 7.05 Å². The molecule has 0 aliphatic heterocycles. The van der Waals surface area contributed by atoms with Gasteiger partial charge in [-0.25, -0.2) is 4.98 Å². The average Bonchev–Trinajstić information content (AvgIpc) is 2.78. The molecule has 0 unspecified atom stereocenters. The Balaban J connectivity index is 2.05. The van der Waals surface area contributed by atoms with Crippen LogP contribution in [0, 0.1) is 0 Å². The van der Waals surface area contributed by atoms with Gasteiger partial charge in [0, 0.05) is 27.2 Å². The summed E-state index contributed by atoms with van der Waals surface area (Å²) in [5, 5.41) is 0.659. The maximum Gasteiger partial charge on any atom is 0.128 e. The van der Waals surface area contributed by atoms with Crippen molar-refractivity contribution >= 4 is 11.6 Å². The largest absolute Gasteiger partial charge is 0.383 e. The molecule has 0 aliphatic carbocycles. The zero-order valence-corrected chi connectivity index (χ0v) is 12.7. The molecule has 2 rings (SSSR count). The Morgan fingerprint density at radius 3 is 2.60 bits per heavy atom. The number of hydrogen-bond donors (Lipinski definition) is 0. The molecule has 0 atom stereocenters. The quantitative estimate of drug-likeness (QED) is 0.786. The van der Waals surface area contributed by atoms with Gasteiger partial charge in [0.1, 0.15) is 11.0 Å². The predicted octanol–water partition coefficient (Wildman–Crippen LogP) is 2.72. The Hall–Kier alpha value is -1.36. The fourth-order valence-electron chi connectivity index (χ4n) is 2.05. The van der Waals surface area contributed by atoms with E-state index in [2.05, 4.69) is 34.1 Å². The minimum atomic E-state index is 0.659. The van der Waals surface area contributed by atoms with Gasteiger partial charge in [0.25, 0.3) is 0 Å². The van der Waals surface area contributed by atoms with Crippen LogP contribution in [0.1, 0.15) is 11.4 Å². The smallest absolute Gasteiger partial charge is 0.128 e. The van der Waals surface area contributed by atoms with Crippen molar-refractivity contribution in [3.8, 4) is 0 Å². The van der Waals surface area contributed by atoms with Crippen LogP contribution in [0.5, 0.6) is 0 Å². The standard InChI is InChI=1S/C15H20ClN3O/c1-18-14(16)10-17-15(18)12-19(8-9-20-2)11-13-6-4-3-5-7-13/h3-7,10H,8-9,11-12H2,1-2H3. The van der Waals surface area contributed by atoms with Crippen LogP contribution in [0.3, 0.4) is 0 Å². The highest BCUT2D eigenvalue weighted by Gasteiger charge is 2.11. The first kappa shape index (κ1) is 15.0. The fourth-order valence-corrected chi connectivity index (χ4v) is 2.19. The Labute approximate surface area is 124 Å². The lowest BCUT2D eigenvalue weighted by molar-refractivity contribution is 0.138. The molecule has 0 radical (unpaired) electrons. The third-order valence-electron chi connectivity index (χ3n) is 3.25. The maximum absolute atomic E-state index is 6.03. The molecule has 0 spiro atoms. The van der Waals surface area contributed by atoms with E-state index in [1.807, 2.05) is 17.7 Å². The molecule has 0 aliphatic rings. The summed E-state index contributed by atoms with van der Waals surface area (Å²) in [7, 11) is 3.65. The lowest BCUT2D eigenvalue weighted by Crippen LogP contribution is -2.28. The molecule has 108 valence electrons. The van der Waals surface area contributed by atoms with Crippen LogP contribution in [-0.4, -0.2) is 34.7 Å². The van der Waals surface area contributed by atoms with Crippen molar-refractivity contribution < 1.29 is 4.74 Å². The number of aromatic nitrogens is 2.